The molecule has 0 amide bonds. The minimum Gasteiger partial charge on any atom is -0.437 e. The van der Waals surface area contributed by atoms with Crippen LogP contribution in [0, 0.1) is 0 Å². The first kappa shape index (κ1) is 12.9. The molecule has 0 spiro atoms. The second-order valence-electron chi connectivity index (χ2n) is 5.36. The van der Waals surface area contributed by atoms with E-state index in [1.54, 1.807) is 6.33 Å². The summed E-state index contributed by atoms with van der Waals surface area (Å²) in [5, 5.41) is 3.42. The molecular formula is C16H19N3O. The van der Waals surface area contributed by atoms with Crippen molar-refractivity contribution in [1.82, 2.24) is 9.97 Å². The Morgan fingerprint density at radius 2 is 2.15 bits per heavy atom. The number of hydrogen-bond acceptors (Lipinski definition) is 4. The van der Waals surface area contributed by atoms with Crippen LogP contribution in [0.3, 0.4) is 0 Å². The van der Waals surface area contributed by atoms with Crippen molar-refractivity contribution in [3.8, 4) is 11.6 Å². The minimum atomic E-state index is 0.364. The average molecular weight is 269 g/mol. The monoisotopic (exact) mass is 269 g/mol. The maximum atomic E-state index is 5.95. The standard InChI is InChI=1S/C16H19N3O/c1-11(2)13-9-15(19-10-18-13)20-14-7-3-5-12-6-4-8-17-16(12)14/h3,5,7,9-11,17H,4,6,8H2,1-2H3. The number of aromatic nitrogens is 2. The van der Waals surface area contributed by atoms with Crippen LogP contribution in [0.25, 0.3) is 0 Å². The molecule has 0 aliphatic carbocycles. The van der Waals surface area contributed by atoms with Crippen LogP contribution in [-0.2, 0) is 6.42 Å². The summed E-state index contributed by atoms with van der Waals surface area (Å²) in [6.45, 7) is 5.21. The zero-order chi connectivity index (χ0) is 13.9. The van der Waals surface area contributed by atoms with Gasteiger partial charge >= 0.3 is 0 Å². The Kier molecular flexibility index (Phi) is 3.54. The summed E-state index contributed by atoms with van der Waals surface area (Å²) in [5.41, 5.74) is 3.41. The van der Waals surface area contributed by atoms with Crippen LogP contribution in [-0.4, -0.2) is 16.5 Å². The summed E-state index contributed by atoms with van der Waals surface area (Å²) in [5.74, 6) is 1.81. The van der Waals surface area contributed by atoms with Gasteiger partial charge in [0.25, 0.3) is 0 Å². The summed E-state index contributed by atoms with van der Waals surface area (Å²) in [6.07, 6.45) is 3.83. The van der Waals surface area contributed by atoms with Gasteiger partial charge in [-0.2, -0.15) is 0 Å². The maximum absolute atomic E-state index is 5.95. The maximum Gasteiger partial charge on any atom is 0.222 e. The number of fused-ring (bicyclic) bond motifs is 1. The van der Waals surface area contributed by atoms with Gasteiger partial charge in [-0.1, -0.05) is 26.0 Å². The molecule has 0 unspecified atom stereocenters. The molecular weight excluding hydrogens is 250 g/mol. The molecule has 0 bridgehead atoms. The van der Waals surface area contributed by atoms with E-state index in [2.05, 4.69) is 35.2 Å². The van der Waals surface area contributed by atoms with Crippen molar-refractivity contribution in [1.29, 1.82) is 0 Å². The first-order valence-electron chi connectivity index (χ1n) is 7.09. The first-order valence-corrected chi connectivity index (χ1v) is 7.09. The molecule has 1 aromatic carbocycles. The molecule has 1 aliphatic rings. The molecule has 104 valence electrons. The highest BCUT2D eigenvalue weighted by Gasteiger charge is 2.14. The Balaban J connectivity index is 1.90. The van der Waals surface area contributed by atoms with E-state index in [4.69, 9.17) is 4.74 Å². The Hall–Kier alpha value is -2.10. The van der Waals surface area contributed by atoms with Crippen LogP contribution in [0.5, 0.6) is 11.6 Å². The second-order valence-corrected chi connectivity index (χ2v) is 5.36. The van der Waals surface area contributed by atoms with Crippen molar-refractivity contribution in [3.05, 3.63) is 41.9 Å². The minimum absolute atomic E-state index is 0.364. The van der Waals surface area contributed by atoms with Gasteiger partial charge in [-0.3, -0.25) is 0 Å². The van der Waals surface area contributed by atoms with Crippen molar-refractivity contribution < 1.29 is 4.74 Å². The van der Waals surface area contributed by atoms with Gasteiger partial charge in [-0.15, -0.1) is 0 Å². The molecule has 4 heteroatoms. The topological polar surface area (TPSA) is 47.0 Å². The fraction of sp³-hybridized carbons (Fsp3) is 0.375. The van der Waals surface area contributed by atoms with Crippen LogP contribution in [0.1, 0.15) is 37.4 Å². The number of rotatable bonds is 3. The van der Waals surface area contributed by atoms with Crippen LogP contribution in [0.2, 0.25) is 0 Å². The molecule has 0 fully saturated rings. The van der Waals surface area contributed by atoms with E-state index in [0.29, 0.717) is 11.8 Å². The third-order valence-corrected chi connectivity index (χ3v) is 3.51. The lowest BCUT2D eigenvalue weighted by atomic mass is 10.0. The van der Waals surface area contributed by atoms with Crippen molar-refractivity contribution in [2.24, 2.45) is 0 Å². The van der Waals surface area contributed by atoms with E-state index in [1.165, 1.54) is 12.0 Å². The lowest BCUT2D eigenvalue weighted by Crippen LogP contribution is -2.12. The first-order chi connectivity index (χ1) is 9.74. The number of nitrogens with one attached hydrogen (secondary N) is 1. The molecule has 0 radical (unpaired) electrons. The number of aryl methyl sites for hydroxylation is 1. The van der Waals surface area contributed by atoms with Gasteiger partial charge in [0.05, 0.1) is 11.4 Å². The zero-order valence-corrected chi connectivity index (χ0v) is 11.9. The van der Waals surface area contributed by atoms with Gasteiger partial charge < -0.3 is 10.1 Å². The van der Waals surface area contributed by atoms with E-state index in [1.807, 2.05) is 18.2 Å². The van der Waals surface area contributed by atoms with Crippen LogP contribution >= 0.6 is 0 Å². The number of benzene rings is 1. The average Bonchev–Trinajstić information content (AvgIpc) is 2.48. The lowest BCUT2D eigenvalue weighted by molar-refractivity contribution is 0.459. The number of ether oxygens (including phenoxy) is 1. The van der Waals surface area contributed by atoms with E-state index in [-0.39, 0.29) is 0 Å². The highest BCUT2D eigenvalue weighted by Crippen LogP contribution is 2.34. The highest BCUT2D eigenvalue weighted by atomic mass is 16.5. The van der Waals surface area contributed by atoms with Gasteiger partial charge in [0, 0.05) is 12.6 Å². The molecule has 20 heavy (non-hydrogen) atoms. The van der Waals surface area contributed by atoms with Gasteiger partial charge in [-0.05, 0) is 30.4 Å². The molecule has 0 saturated carbocycles. The second kappa shape index (κ2) is 5.49. The van der Waals surface area contributed by atoms with Crippen LogP contribution < -0.4 is 10.1 Å². The van der Waals surface area contributed by atoms with Gasteiger partial charge in [0.2, 0.25) is 5.88 Å². The molecule has 1 N–H and O–H groups in total. The Morgan fingerprint density at radius 1 is 1.25 bits per heavy atom. The van der Waals surface area contributed by atoms with Crippen LogP contribution in [0.15, 0.2) is 30.6 Å². The molecule has 2 heterocycles. The highest BCUT2D eigenvalue weighted by molar-refractivity contribution is 5.64. The van der Waals surface area contributed by atoms with Gasteiger partial charge in [0.15, 0.2) is 5.75 Å². The van der Waals surface area contributed by atoms with Gasteiger partial charge in [-0.25, -0.2) is 9.97 Å². The number of hydrogen-bond donors (Lipinski definition) is 1. The van der Waals surface area contributed by atoms with Crippen molar-refractivity contribution in [3.63, 3.8) is 0 Å². The molecule has 1 aromatic heterocycles. The smallest absolute Gasteiger partial charge is 0.222 e. The molecule has 0 atom stereocenters. The Labute approximate surface area is 119 Å². The summed E-state index contributed by atoms with van der Waals surface area (Å²) in [6, 6.07) is 8.07. The third-order valence-electron chi connectivity index (χ3n) is 3.51. The number of anilines is 1. The van der Waals surface area contributed by atoms with E-state index in [0.717, 1.165) is 30.1 Å². The van der Waals surface area contributed by atoms with Crippen molar-refractivity contribution in [2.75, 3.05) is 11.9 Å². The number of nitrogens with zero attached hydrogens (tertiary/aromatic N) is 2. The van der Waals surface area contributed by atoms with Crippen molar-refractivity contribution in [2.45, 2.75) is 32.6 Å². The summed E-state index contributed by atoms with van der Waals surface area (Å²) in [7, 11) is 0. The van der Waals surface area contributed by atoms with Crippen LogP contribution in [0.4, 0.5) is 5.69 Å². The molecule has 4 nitrogen and oxygen atoms in total. The molecule has 2 aromatic rings. The normalized spacial score (nSPS) is 13.8. The van der Waals surface area contributed by atoms with E-state index >= 15 is 0 Å². The fourth-order valence-electron chi connectivity index (χ4n) is 2.40. The summed E-state index contributed by atoms with van der Waals surface area (Å²) < 4.78 is 5.95. The molecule has 1 aliphatic heterocycles. The zero-order valence-electron chi connectivity index (χ0n) is 11.9. The SMILES string of the molecule is CC(C)c1cc(Oc2cccc3c2NCCC3)ncn1. The Bertz CT molecular complexity index is 610. The fourth-order valence-corrected chi connectivity index (χ4v) is 2.40. The predicted octanol–water partition coefficient (Wildman–Crippen LogP) is 3.75. The largest absolute Gasteiger partial charge is 0.437 e. The molecule has 0 saturated heterocycles. The summed E-state index contributed by atoms with van der Waals surface area (Å²) >= 11 is 0. The van der Waals surface area contributed by atoms with E-state index < -0.39 is 0 Å². The molecule has 3 rings (SSSR count). The Morgan fingerprint density at radius 3 is 3.00 bits per heavy atom. The van der Waals surface area contributed by atoms with Crippen molar-refractivity contribution >= 4 is 5.69 Å². The van der Waals surface area contributed by atoms with E-state index in [9.17, 15) is 0 Å². The lowest BCUT2D eigenvalue weighted by Gasteiger charge is -2.20. The quantitative estimate of drug-likeness (QED) is 0.921. The predicted molar refractivity (Wildman–Crippen MR) is 79.4 cm³/mol. The summed E-state index contributed by atoms with van der Waals surface area (Å²) in [4.78, 5) is 8.47. The van der Waals surface area contributed by atoms with Gasteiger partial charge in [0.1, 0.15) is 6.33 Å². The third kappa shape index (κ3) is 2.59. The number of para-hydroxylation sites is 1.